The molecule has 0 atom stereocenters. The molecule has 156 valence electrons. The number of methoxy groups -OCH3 is 2. The molecule has 1 N–H and O–H groups in total. The molecule has 0 aliphatic heterocycles. The van der Waals surface area contributed by atoms with Gasteiger partial charge in [0.05, 0.1) is 26.1 Å². The molecule has 0 saturated carbocycles. The van der Waals surface area contributed by atoms with Crippen molar-refractivity contribution >= 4 is 12.1 Å². The molecule has 0 fully saturated rings. The van der Waals surface area contributed by atoms with E-state index < -0.39 is 11.5 Å². The van der Waals surface area contributed by atoms with Crippen LogP contribution in [0.2, 0.25) is 0 Å². The fraction of sp³-hybridized carbons (Fsp3) is 0.136. The third-order valence-electron chi connectivity index (χ3n) is 4.47. The van der Waals surface area contributed by atoms with E-state index >= 15 is 0 Å². The summed E-state index contributed by atoms with van der Waals surface area (Å²) < 4.78 is 11.5. The summed E-state index contributed by atoms with van der Waals surface area (Å²) in [6.07, 6.45) is 1.40. The quantitative estimate of drug-likeness (QED) is 0.485. The molecule has 9 nitrogen and oxygen atoms in total. The minimum atomic E-state index is -0.670. The zero-order valence-corrected chi connectivity index (χ0v) is 17.1. The van der Waals surface area contributed by atoms with Gasteiger partial charge in [0, 0.05) is 11.1 Å². The van der Waals surface area contributed by atoms with E-state index in [1.807, 2.05) is 6.07 Å². The van der Waals surface area contributed by atoms with Crippen LogP contribution in [0.1, 0.15) is 27.2 Å². The number of hydrogen-bond acceptors (Lipinski definition) is 7. The van der Waals surface area contributed by atoms with E-state index in [0.717, 1.165) is 4.68 Å². The van der Waals surface area contributed by atoms with E-state index in [1.165, 1.54) is 27.4 Å². The first-order chi connectivity index (χ1) is 15.0. The summed E-state index contributed by atoms with van der Waals surface area (Å²) in [5, 5.41) is 17.5. The van der Waals surface area contributed by atoms with Gasteiger partial charge in [-0.3, -0.25) is 9.59 Å². The van der Waals surface area contributed by atoms with Gasteiger partial charge in [0.25, 0.3) is 11.5 Å². The fourth-order valence-electron chi connectivity index (χ4n) is 2.85. The van der Waals surface area contributed by atoms with Crippen molar-refractivity contribution in [2.45, 2.75) is 6.92 Å². The molecule has 3 aromatic rings. The Morgan fingerprint density at radius 3 is 2.58 bits per heavy atom. The lowest BCUT2D eigenvalue weighted by atomic mass is 10.1. The topological polar surface area (TPSA) is 119 Å². The lowest BCUT2D eigenvalue weighted by Crippen LogP contribution is -2.31. The molecule has 1 aromatic heterocycles. The summed E-state index contributed by atoms with van der Waals surface area (Å²) in [6.45, 7) is 1.49. The largest absolute Gasteiger partial charge is 0.497 e. The van der Waals surface area contributed by atoms with Crippen molar-refractivity contribution in [1.82, 2.24) is 15.2 Å². The Bertz CT molecular complexity index is 1240. The second kappa shape index (κ2) is 9.37. The van der Waals surface area contributed by atoms with Gasteiger partial charge in [-0.25, -0.2) is 5.43 Å². The molecule has 0 saturated heterocycles. The molecule has 0 unspecified atom stereocenters. The van der Waals surface area contributed by atoms with Crippen LogP contribution in [0.5, 0.6) is 11.5 Å². The SMILES string of the molecule is COc1ccc(OC)c(/C=N/NC(=O)c2nn(-c3ccccc3)c(=O)c(C#N)c2C)c1. The van der Waals surface area contributed by atoms with Crippen molar-refractivity contribution in [2.75, 3.05) is 14.2 Å². The van der Waals surface area contributed by atoms with Gasteiger partial charge in [0.1, 0.15) is 23.1 Å². The van der Waals surface area contributed by atoms with E-state index in [4.69, 9.17) is 9.47 Å². The van der Waals surface area contributed by atoms with Crippen LogP contribution in [-0.4, -0.2) is 36.1 Å². The predicted octanol–water partition coefficient (Wildman–Crippen LogP) is 2.19. The molecule has 31 heavy (non-hydrogen) atoms. The highest BCUT2D eigenvalue weighted by Crippen LogP contribution is 2.22. The second-order valence-electron chi connectivity index (χ2n) is 6.32. The first kappa shape index (κ1) is 21.3. The van der Waals surface area contributed by atoms with Crippen molar-refractivity contribution in [3.05, 3.63) is 81.3 Å². The van der Waals surface area contributed by atoms with Gasteiger partial charge in [-0.05, 0) is 37.3 Å². The van der Waals surface area contributed by atoms with Crippen LogP contribution in [0.15, 0.2) is 58.4 Å². The van der Waals surface area contributed by atoms with Crippen molar-refractivity contribution in [3.8, 4) is 23.3 Å². The highest BCUT2D eigenvalue weighted by atomic mass is 16.5. The van der Waals surface area contributed by atoms with Gasteiger partial charge in [-0.1, -0.05) is 18.2 Å². The molecule has 9 heteroatoms. The third kappa shape index (κ3) is 4.43. The standard InChI is InChI=1S/C22H19N5O4/c1-14-18(12-23)22(29)27(16-7-5-4-6-8-16)26-20(14)21(28)25-24-13-15-11-17(30-2)9-10-19(15)31-3/h4-11,13H,1-3H3,(H,25,28)/b24-13+. The zero-order valence-electron chi connectivity index (χ0n) is 17.1. The summed E-state index contributed by atoms with van der Waals surface area (Å²) >= 11 is 0. The summed E-state index contributed by atoms with van der Waals surface area (Å²) in [5.74, 6) is 0.467. The Morgan fingerprint density at radius 1 is 1.19 bits per heavy atom. The predicted molar refractivity (Wildman–Crippen MR) is 114 cm³/mol. The molecule has 0 aliphatic rings. The van der Waals surface area contributed by atoms with E-state index in [9.17, 15) is 14.9 Å². The lowest BCUT2D eigenvalue weighted by Gasteiger charge is -2.10. The van der Waals surface area contributed by atoms with Crippen LogP contribution in [0.25, 0.3) is 5.69 Å². The smallest absolute Gasteiger partial charge is 0.292 e. The molecule has 0 radical (unpaired) electrons. The van der Waals surface area contributed by atoms with Crippen LogP contribution < -0.4 is 20.5 Å². The number of hydrazone groups is 1. The Morgan fingerprint density at radius 2 is 1.94 bits per heavy atom. The Kier molecular flexibility index (Phi) is 6.42. The van der Waals surface area contributed by atoms with Crippen molar-refractivity contribution in [2.24, 2.45) is 5.10 Å². The Balaban J connectivity index is 1.95. The average Bonchev–Trinajstić information content (AvgIpc) is 2.80. The van der Waals surface area contributed by atoms with Crippen LogP contribution in [0.4, 0.5) is 0 Å². The number of carbonyl (C=O) groups is 1. The summed E-state index contributed by atoms with van der Waals surface area (Å²) in [5.41, 5.74) is 2.70. The lowest BCUT2D eigenvalue weighted by molar-refractivity contribution is 0.0947. The van der Waals surface area contributed by atoms with Crippen LogP contribution in [0, 0.1) is 18.3 Å². The van der Waals surface area contributed by atoms with Gasteiger partial charge in [-0.2, -0.15) is 20.1 Å². The van der Waals surface area contributed by atoms with Crippen LogP contribution >= 0.6 is 0 Å². The molecular formula is C22H19N5O4. The molecule has 1 heterocycles. The number of nitriles is 1. The molecule has 0 aliphatic carbocycles. The van der Waals surface area contributed by atoms with Crippen molar-refractivity contribution < 1.29 is 14.3 Å². The number of carbonyl (C=O) groups excluding carboxylic acids is 1. The van der Waals surface area contributed by atoms with Gasteiger partial charge in [0.15, 0.2) is 5.69 Å². The van der Waals surface area contributed by atoms with Crippen molar-refractivity contribution in [1.29, 1.82) is 5.26 Å². The average molecular weight is 417 g/mol. The van der Waals surface area contributed by atoms with Crippen LogP contribution in [-0.2, 0) is 0 Å². The number of rotatable bonds is 6. The van der Waals surface area contributed by atoms with E-state index in [-0.39, 0.29) is 16.8 Å². The van der Waals surface area contributed by atoms with Gasteiger partial charge >= 0.3 is 0 Å². The monoisotopic (exact) mass is 417 g/mol. The Hall–Kier alpha value is -4.45. The number of nitrogens with one attached hydrogen (secondary N) is 1. The normalized spacial score (nSPS) is 10.5. The molecular weight excluding hydrogens is 398 g/mol. The summed E-state index contributed by atoms with van der Waals surface area (Å²) in [7, 11) is 3.05. The highest BCUT2D eigenvalue weighted by Gasteiger charge is 2.20. The molecule has 1 amide bonds. The number of ether oxygens (including phenoxy) is 2. The maximum Gasteiger partial charge on any atom is 0.292 e. The Labute approximate surface area is 178 Å². The summed E-state index contributed by atoms with van der Waals surface area (Å²) in [6, 6.07) is 15.5. The number of para-hydroxylation sites is 1. The number of benzene rings is 2. The van der Waals surface area contributed by atoms with Gasteiger partial charge < -0.3 is 9.47 Å². The second-order valence-corrected chi connectivity index (χ2v) is 6.32. The first-order valence-electron chi connectivity index (χ1n) is 9.15. The van der Waals surface area contributed by atoms with Crippen LogP contribution in [0.3, 0.4) is 0 Å². The number of aromatic nitrogens is 2. The molecule has 3 rings (SSSR count). The maximum atomic E-state index is 12.7. The van der Waals surface area contributed by atoms with Gasteiger partial charge in [-0.15, -0.1) is 0 Å². The third-order valence-corrected chi connectivity index (χ3v) is 4.47. The molecule has 0 spiro atoms. The fourth-order valence-corrected chi connectivity index (χ4v) is 2.85. The molecule has 0 bridgehead atoms. The van der Waals surface area contributed by atoms with Gasteiger partial charge in [0.2, 0.25) is 0 Å². The van der Waals surface area contributed by atoms with E-state index in [2.05, 4.69) is 15.6 Å². The number of hydrogen-bond donors (Lipinski definition) is 1. The van der Waals surface area contributed by atoms with E-state index in [0.29, 0.717) is 22.7 Å². The van der Waals surface area contributed by atoms with Crippen molar-refractivity contribution in [3.63, 3.8) is 0 Å². The minimum Gasteiger partial charge on any atom is -0.497 e. The highest BCUT2D eigenvalue weighted by molar-refractivity contribution is 5.95. The first-order valence-corrected chi connectivity index (χ1v) is 9.15. The number of amides is 1. The molecule has 2 aromatic carbocycles. The maximum absolute atomic E-state index is 12.7. The van der Waals surface area contributed by atoms with E-state index in [1.54, 1.807) is 48.5 Å². The zero-order chi connectivity index (χ0) is 22.4. The summed E-state index contributed by atoms with van der Waals surface area (Å²) in [4.78, 5) is 25.3. The number of nitrogens with zero attached hydrogens (tertiary/aromatic N) is 4. The minimum absolute atomic E-state index is 0.0882.